The van der Waals surface area contributed by atoms with Gasteiger partial charge in [0, 0.05) is 27.6 Å². The maximum atomic E-state index is 5.23. The number of aromatic nitrogens is 4. The summed E-state index contributed by atoms with van der Waals surface area (Å²) >= 11 is 0. The molecule has 8 aromatic carbocycles. The SMILES string of the molecule is c1ccc2c(-c3cc(-c4ccc(-c5ccc(-c6nc7ccccc7n7c6cc6ccccc67)cc5)cc4)nc(-c4cccc5ccccc45)n3)cccc2c1. The number of rotatable bonds is 5. The summed E-state index contributed by atoms with van der Waals surface area (Å²) in [6.45, 7) is 0. The number of hydrogen-bond acceptors (Lipinski definition) is 3. The molecule has 0 bridgehead atoms. The Labute approximate surface area is 317 Å². The lowest BCUT2D eigenvalue weighted by Gasteiger charge is -2.13. The first-order valence-electron chi connectivity index (χ1n) is 18.6. The van der Waals surface area contributed by atoms with Crippen molar-refractivity contribution in [2.45, 2.75) is 0 Å². The van der Waals surface area contributed by atoms with Crippen molar-refractivity contribution >= 4 is 49.0 Å². The highest BCUT2D eigenvalue weighted by Gasteiger charge is 2.16. The standard InChI is InChI=1S/C51H32N4/c1-4-16-40-35(11-1)14-9-18-42(40)46-32-45(53-51(54-46)43-19-10-15-36-12-2-5-17-41(36)43)37-27-23-33(24-28-37)34-25-29-38(30-26-34)50-49-31-39-13-3-7-21-47(39)55(49)48-22-8-6-20-44(48)52-50/h1-32H. The normalized spacial score (nSPS) is 11.6. The van der Waals surface area contributed by atoms with Crippen molar-refractivity contribution in [1.29, 1.82) is 0 Å². The molecule has 3 heterocycles. The molecule has 0 unspecified atom stereocenters. The summed E-state index contributed by atoms with van der Waals surface area (Å²) in [6, 6.07) is 68.5. The number of fused-ring (bicyclic) bond motifs is 7. The average molecular weight is 701 g/mol. The van der Waals surface area contributed by atoms with Crippen LogP contribution in [-0.2, 0) is 0 Å². The second kappa shape index (κ2) is 12.6. The Morgan fingerprint density at radius 3 is 1.58 bits per heavy atom. The van der Waals surface area contributed by atoms with Gasteiger partial charge < -0.3 is 4.40 Å². The highest BCUT2D eigenvalue weighted by molar-refractivity contribution is 6.00. The first-order chi connectivity index (χ1) is 27.2. The Bertz CT molecular complexity index is 3140. The first kappa shape index (κ1) is 31.1. The van der Waals surface area contributed by atoms with Gasteiger partial charge >= 0.3 is 0 Å². The molecule has 0 atom stereocenters. The molecule has 0 N–H and O–H groups in total. The first-order valence-corrected chi connectivity index (χ1v) is 18.6. The molecule has 0 radical (unpaired) electrons. The van der Waals surface area contributed by atoms with Crippen LogP contribution in [0.25, 0.3) is 105 Å². The summed E-state index contributed by atoms with van der Waals surface area (Å²) < 4.78 is 2.34. The van der Waals surface area contributed by atoms with Crippen LogP contribution < -0.4 is 0 Å². The van der Waals surface area contributed by atoms with Crippen molar-refractivity contribution in [3.8, 4) is 56.3 Å². The molecule has 0 fully saturated rings. The molecule has 3 aromatic heterocycles. The van der Waals surface area contributed by atoms with E-state index < -0.39 is 0 Å². The molecule has 4 heteroatoms. The fourth-order valence-electron chi connectivity index (χ4n) is 8.10. The van der Waals surface area contributed by atoms with Gasteiger partial charge in [-0.15, -0.1) is 0 Å². The van der Waals surface area contributed by atoms with Crippen LogP contribution in [0.15, 0.2) is 194 Å². The van der Waals surface area contributed by atoms with E-state index >= 15 is 0 Å². The lowest BCUT2D eigenvalue weighted by molar-refractivity contribution is 1.19. The zero-order valence-corrected chi connectivity index (χ0v) is 29.8. The predicted octanol–water partition coefficient (Wildman–Crippen LogP) is 13.1. The minimum atomic E-state index is 0.712. The van der Waals surface area contributed by atoms with E-state index in [4.69, 9.17) is 15.0 Å². The Morgan fingerprint density at radius 2 is 0.855 bits per heavy atom. The summed E-state index contributed by atoms with van der Waals surface area (Å²) in [5.74, 6) is 0.712. The minimum Gasteiger partial charge on any atom is -0.306 e. The lowest BCUT2D eigenvalue weighted by Crippen LogP contribution is -1.97. The summed E-state index contributed by atoms with van der Waals surface area (Å²) in [5, 5.41) is 5.86. The predicted molar refractivity (Wildman–Crippen MR) is 228 cm³/mol. The van der Waals surface area contributed by atoms with Crippen molar-refractivity contribution in [3.63, 3.8) is 0 Å². The van der Waals surface area contributed by atoms with E-state index in [1.807, 2.05) is 0 Å². The van der Waals surface area contributed by atoms with Crippen LogP contribution in [0.5, 0.6) is 0 Å². The van der Waals surface area contributed by atoms with Gasteiger partial charge in [-0.2, -0.15) is 0 Å². The van der Waals surface area contributed by atoms with E-state index in [0.717, 1.165) is 72.4 Å². The molecule has 256 valence electrons. The van der Waals surface area contributed by atoms with Crippen LogP contribution in [0.3, 0.4) is 0 Å². The Morgan fingerprint density at radius 1 is 0.327 bits per heavy atom. The fourth-order valence-corrected chi connectivity index (χ4v) is 8.10. The van der Waals surface area contributed by atoms with E-state index in [1.54, 1.807) is 0 Å². The topological polar surface area (TPSA) is 43.1 Å². The van der Waals surface area contributed by atoms with Gasteiger partial charge in [-0.25, -0.2) is 15.0 Å². The molecule has 0 saturated carbocycles. The summed E-state index contributed by atoms with van der Waals surface area (Å²) in [5.41, 5.74) is 13.6. The number of hydrogen-bond donors (Lipinski definition) is 0. The Kier molecular flexibility index (Phi) is 7.14. The fraction of sp³-hybridized carbons (Fsp3) is 0. The molecule has 0 aliphatic heterocycles. The van der Waals surface area contributed by atoms with Gasteiger partial charge in [0.05, 0.1) is 39.1 Å². The highest BCUT2D eigenvalue weighted by atomic mass is 14.9. The van der Waals surface area contributed by atoms with Gasteiger partial charge in [-0.1, -0.05) is 164 Å². The molecule has 55 heavy (non-hydrogen) atoms. The molecule has 0 spiro atoms. The zero-order valence-electron chi connectivity index (χ0n) is 29.8. The van der Waals surface area contributed by atoms with E-state index in [1.165, 1.54) is 27.1 Å². The number of nitrogens with zero attached hydrogens (tertiary/aromatic N) is 4. The highest BCUT2D eigenvalue weighted by Crippen LogP contribution is 2.36. The summed E-state index contributed by atoms with van der Waals surface area (Å²) in [6.07, 6.45) is 0. The molecule has 11 aromatic rings. The second-order valence-electron chi connectivity index (χ2n) is 14.0. The Hall–Kier alpha value is -7.43. The van der Waals surface area contributed by atoms with Gasteiger partial charge in [0.15, 0.2) is 5.82 Å². The van der Waals surface area contributed by atoms with E-state index in [2.05, 4.69) is 199 Å². The van der Waals surface area contributed by atoms with Crippen LogP contribution in [-0.4, -0.2) is 19.4 Å². The second-order valence-corrected chi connectivity index (χ2v) is 14.0. The zero-order chi connectivity index (χ0) is 36.3. The van der Waals surface area contributed by atoms with Gasteiger partial charge in [-0.3, -0.25) is 0 Å². The summed E-state index contributed by atoms with van der Waals surface area (Å²) in [4.78, 5) is 15.6. The van der Waals surface area contributed by atoms with Crippen molar-refractivity contribution < 1.29 is 0 Å². The largest absolute Gasteiger partial charge is 0.306 e. The molecular formula is C51H32N4. The average Bonchev–Trinajstić information content (AvgIpc) is 3.66. The minimum absolute atomic E-state index is 0.712. The number of benzene rings is 8. The molecule has 11 rings (SSSR count). The third kappa shape index (κ3) is 5.26. The van der Waals surface area contributed by atoms with Crippen molar-refractivity contribution in [3.05, 3.63) is 194 Å². The molecular weight excluding hydrogens is 669 g/mol. The van der Waals surface area contributed by atoms with E-state index in [0.29, 0.717) is 5.82 Å². The molecule has 4 nitrogen and oxygen atoms in total. The van der Waals surface area contributed by atoms with Crippen LogP contribution in [0, 0.1) is 0 Å². The quantitative estimate of drug-likeness (QED) is 0.179. The smallest absolute Gasteiger partial charge is 0.161 e. The van der Waals surface area contributed by atoms with Gasteiger partial charge in [0.1, 0.15) is 0 Å². The third-order valence-electron chi connectivity index (χ3n) is 10.8. The van der Waals surface area contributed by atoms with Crippen LogP contribution >= 0.6 is 0 Å². The third-order valence-corrected chi connectivity index (χ3v) is 10.8. The van der Waals surface area contributed by atoms with Crippen molar-refractivity contribution in [1.82, 2.24) is 19.4 Å². The van der Waals surface area contributed by atoms with Crippen LogP contribution in [0.2, 0.25) is 0 Å². The maximum absolute atomic E-state index is 5.23. The van der Waals surface area contributed by atoms with E-state index in [-0.39, 0.29) is 0 Å². The van der Waals surface area contributed by atoms with Crippen molar-refractivity contribution in [2.75, 3.05) is 0 Å². The van der Waals surface area contributed by atoms with Crippen LogP contribution in [0.1, 0.15) is 0 Å². The van der Waals surface area contributed by atoms with Gasteiger partial charge in [0.2, 0.25) is 0 Å². The molecule has 0 saturated heterocycles. The summed E-state index contributed by atoms with van der Waals surface area (Å²) in [7, 11) is 0. The molecule has 0 aliphatic rings. The Balaban J connectivity index is 0.991. The lowest BCUT2D eigenvalue weighted by atomic mass is 9.98. The maximum Gasteiger partial charge on any atom is 0.161 e. The van der Waals surface area contributed by atoms with E-state index in [9.17, 15) is 0 Å². The molecule has 0 aliphatic carbocycles. The van der Waals surface area contributed by atoms with Gasteiger partial charge in [0.25, 0.3) is 0 Å². The van der Waals surface area contributed by atoms with Crippen LogP contribution in [0.4, 0.5) is 0 Å². The number of para-hydroxylation sites is 3. The van der Waals surface area contributed by atoms with Gasteiger partial charge in [-0.05, 0) is 63.0 Å². The van der Waals surface area contributed by atoms with Crippen molar-refractivity contribution in [2.24, 2.45) is 0 Å². The monoisotopic (exact) mass is 700 g/mol. The molecule has 0 amide bonds.